The van der Waals surface area contributed by atoms with Gasteiger partial charge in [0.2, 0.25) is 0 Å². The fourth-order valence-electron chi connectivity index (χ4n) is 6.05. The highest BCUT2D eigenvalue weighted by molar-refractivity contribution is 7.26. The van der Waals surface area contributed by atoms with Crippen molar-refractivity contribution >= 4 is 75.2 Å². The molecule has 0 saturated carbocycles. The van der Waals surface area contributed by atoms with Crippen LogP contribution < -0.4 is 0 Å². The highest BCUT2D eigenvalue weighted by Gasteiger charge is 2.22. The molecule has 0 fully saturated rings. The van der Waals surface area contributed by atoms with Gasteiger partial charge in [0, 0.05) is 36.5 Å². The molecule has 6 aromatic carbocycles. The molecule has 0 radical (unpaired) electrons. The van der Waals surface area contributed by atoms with Crippen molar-refractivity contribution in [3.05, 3.63) is 121 Å². The van der Waals surface area contributed by atoms with E-state index in [0.717, 1.165) is 27.5 Å². The van der Waals surface area contributed by atoms with Crippen LogP contribution in [0.25, 0.3) is 81.0 Å². The lowest BCUT2D eigenvalue weighted by molar-refractivity contribution is 0.574. The first kappa shape index (κ1) is 21.1. The Balaban J connectivity index is 1.43. The van der Waals surface area contributed by atoms with Gasteiger partial charge in [0.25, 0.3) is 0 Å². The van der Waals surface area contributed by atoms with E-state index in [2.05, 4.69) is 126 Å². The van der Waals surface area contributed by atoms with Crippen LogP contribution in [-0.4, -0.2) is 9.55 Å². The lowest BCUT2D eigenvalue weighted by atomic mass is 10.0. The van der Waals surface area contributed by atoms with E-state index in [-0.39, 0.29) is 0 Å². The SMILES string of the molecule is c1ccc(-c2cc3oc(-n4c5ccccc5c5cc6ccccc6cc54)nc3c3c2sc2ccccc23)cc1. The van der Waals surface area contributed by atoms with E-state index >= 15 is 0 Å². The van der Waals surface area contributed by atoms with Crippen LogP contribution in [0.3, 0.4) is 0 Å². The van der Waals surface area contributed by atoms with Crippen LogP contribution in [-0.2, 0) is 0 Å². The first-order valence-corrected chi connectivity index (χ1v) is 13.9. The van der Waals surface area contributed by atoms with Gasteiger partial charge in [0.1, 0.15) is 5.52 Å². The minimum absolute atomic E-state index is 0.591. The van der Waals surface area contributed by atoms with Gasteiger partial charge in [-0.2, -0.15) is 4.98 Å². The van der Waals surface area contributed by atoms with Gasteiger partial charge in [-0.25, -0.2) is 0 Å². The summed E-state index contributed by atoms with van der Waals surface area (Å²) in [5.41, 5.74) is 6.24. The molecule has 3 aromatic heterocycles. The van der Waals surface area contributed by atoms with Crippen molar-refractivity contribution in [2.45, 2.75) is 0 Å². The van der Waals surface area contributed by atoms with E-state index in [1.165, 1.54) is 47.5 Å². The minimum Gasteiger partial charge on any atom is -0.423 e. The second-order valence-electron chi connectivity index (χ2n) is 10.0. The molecule has 0 saturated heterocycles. The highest BCUT2D eigenvalue weighted by Crippen LogP contribution is 2.45. The Bertz CT molecular complexity index is 2390. The lowest BCUT2D eigenvalue weighted by Gasteiger charge is -2.04. The summed E-state index contributed by atoms with van der Waals surface area (Å²) >= 11 is 1.82. The van der Waals surface area contributed by atoms with Crippen LogP contribution in [0.1, 0.15) is 0 Å². The van der Waals surface area contributed by atoms with Crippen LogP contribution in [0.2, 0.25) is 0 Å². The number of para-hydroxylation sites is 1. The first-order chi connectivity index (χ1) is 19.3. The summed E-state index contributed by atoms with van der Waals surface area (Å²) < 4.78 is 11.4. The average Bonchev–Trinajstić information content (AvgIpc) is 3.67. The van der Waals surface area contributed by atoms with Crippen LogP contribution in [0.4, 0.5) is 0 Å². The van der Waals surface area contributed by atoms with Crippen LogP contribution in [0.5, 0.6) is 0 Å². The van der Waals surface area contributed by atoms with E-state index in [9.17, 15) is 0 Å². The van der Waals surface area contributed by atoms with Crippen molar-refractivity contribution in [2.75, 3.05) is 0 Å². The number of aromatic nitrogens is 2. The number of rotatable bonds is 2. The Morgan fingerprint density at radius 3 is 2.21 bits per heavy atom. The zero-order valence-corrected chi connectivity index (χ0v) is 21.6. The minimum atomic E-state index is 0.591. The summed E-state index contributed by atoms with van der Waals surface area (Å²) in [5, 5.41) is 7.19. The van der Waals surface area contributed by atoms with Crippen molar-refractivity contribution in [3.8, 4) is 17.1 Å². The van der Waals surface area contributed by atoms with Crippen LogP contribution >= 0.6 is 11.3 Å². The number of oxazole rings is 1. The van der Waals surface area contributed by atoms with Gasteiger partial charge < -0.3 is 4.42 Å². The van der Waals surface area contributed by atoms with Crippen molar-refractivity contribution in [2.24, 2.45) is 0 Å². The molecule has 0 unspecified atom stereocenters. The molecule has 182 valence electrons. The molecule has 0 aliphatic carbocycles. The second kappa shape index (κ2) is 7.79. The molecule has 0 amide bonds. The van der Waals surface area contributed by atoms with Crippen molar-refractivity contribution in [1.82, 2.24) is 9.55 Å². The van der Waals surface area contributed by atoms with Gasteiger partial charge in [0.05, 0.1) is 11.0 Å². The van der Waals surface area contributed by atoms with Gasteiger partial charge >= 0.3 is 6.01 Å². The number of nitrogens with zero attached hydrogens (tertiary/aromatic N) is 2. The van der Waals surface area contributed by atoms with Crippen molar-refractivity contribution in [3.63, 3.8) is 0 Å². The summed E-state index contributed by atoms with van der Waals surface area (Å²) in [5.74, 6) is 0. The Hall–Kier alpha value is -4.93. The fourth-order valence-corrected chi connectivity index (χ4v) is 7.30. The molecular weight excluding hydrogens is 496 g/mol. The topological polar surface area (TPSA) is 31.0 Å². The molecule has 9 rings (SSSR count). The maximum atomic E-state index is 6.69. The largest absolute Gasteiger partial charge is 0.423 e. The van der Waals surface area contributed by atoms with E-state index in [1.54, 1.807) is 0 Å². The molecule has 4 heteroatoms. The van der Waals surface area contributed by atoms with Crippen LogP contribution in [0, 0.1) is 0 Å². The van der Waals surface area contributed by atoms with Crippen molar-refractivity contribution in [1.29, 1.82) is 0 Å². The average molecular weight is 517 g/mol. The monoisotopic (exact) mass is 516 g/mol. The summed E-state index contributed by atoms with van der Waals surface area (Å²) in [6.07, 6.45) is 0. The van der Waals surface area contributed by atoms with E-state index in [1.807, 2.05) is 11.3 Å². The number of fused-ring (bicyclic) bond motifs is 9. The molecule has 3 nitrogen and oxygen atoms in total. The van der Waals surface area contributed by atoms with Crippen molar-refractivity contribution < 1.29 is 4.42 Å². The third kappa shape index (κ3) is 2.95. The smallest absolute Gasteiger partial charge is 0.307 e. The number of hydrogen-bond acceptors (Lipinski definition) is 3. The molecule has 0 atom stereocenters. The summed E-state index contributed by atoms with van der Waals surface area (Å²) in [7, 11) is 0. The summed E-state index contributed by atoms with van der Waals surface area (Å²) in [4.78, 5) is 5.22. The van der Waals surface area contributed by atoms with Crippen LogP contribution in [0.15, 0.2) is 126 Å². The molecule has 3 heterocycles. The van der Waals surface area contributed by atoms with E-state index in [0.29, 0.717) is 6.01 Å². The molecule has 9 aromatic rings. The van der Waals surface area contributed by atoms with E-state index < -0.39 is 0 Å². The highest BCUT2D eigenvalue weighted by atomic mass is 32.1. The third-order valence-corrected chi connectivity index (χ3v) is 9.01. The molecule has 0 N–H and O–H groups in total. The maximum Gasteiger partial charge on any atom is 0.307 e. The van der Waals surface area contributed by atoms with Gasteiger partial charge in [-0.1, -0.05) is 91.0 Å². The molecule has 0 bridgehead atoms. The molecule has 39 heavy (non-hydrogen) atoms. The Labute approximate surface area is 227 Å². The van der Waals surface area contributed by atoms with Gasteiger partial charge in [-0.3, -0.25) is 4.57 Å². The van der Waals surface area contributed by atoms with E-state index in [4.69, 9.17) is 9.40 Å². The zero-order chi connectivity index (χ0) is 25.5. The third-order valence-electron chi connectivity index (χ3n) is 7.81. The van der Waals surface area contributed by atoms with Gasteiger partial charge in [-0.05, 0) is 46.7 Å². The second-order valence-corrected chi connectivity index (χ2v) is 11.1. The Morgan fingerprint density at radius 2 is 1.33 bits per heavy atom. The fraction of sp³-hybridized carbons (Fsp3) is 0. The Kier molecular flexibility index (Phi) is 4.21. The zero-order valence-electron chi connectivity index (χ0n) is 20.8. The lowest BCUT2D eigenvalue weighted by Crippen LogP contribution is -1.93. The normalized spacial score (nSPS) is 12.1. The number of thiophene rings is 1. The van der Waals surface area contributed by atoms with Gasteiger partial charge in [0.15, 0.2) is 5.58 Å². The maximum absolute atomic E-state index is 6.69. The first-order valence-electron chi connectivity index (χ1n) is 13.1. The molecular formula is C35H20N2OS. The Morgan fingerprint density at radius 1 is 0.615 bits per heavy atom. The van der Waals surface area contributed by atoms with Gasteiger partial charge in [-0.15, -0.1) is 11.3 Å². The molecule has 0 spiro atoms. The molecule has 0 aliphatic rings. The summed E-state index contributed by atoms with van der Waals surface area (Å²) in [6, 6.07) is 43.5. The quantitative estimate of drug-likeness (QED) is 0.229. The predicted molar refractivity (Wildman–Crippen MR) is 164 cm³/mol. The number of hydrogen-bond donors (Lipinski definition) is 0. The summed E-state index contributed by atoms with van der Waals surface area (Å²) in [6.45, 7) is 0. The number of benzene rings is 6. The standard InChI is InChI=1S/C35H20N2OS/c1-2-10-21(11-3-1)26-20-30-33(32-25-15-7-9-17-31(25)39-34(26)32)36-35(38-30)37-28-16-8-6-14-24(28)27-18-22-12-4-5-13-23(22)19-29(27)37/h1-20H. The molecule has 0 aliphatic heterocycles. The predicted octanol–water partition coefficient (Wildman–Crippen LogP) is 10.1.